The van der Waals surface area contributed by atoms with Gasteiger partial charge in [0.05, 0.1) is 6.54 Å². The fraction of sp³-hybridized carbons (Fsp3) is 0.625. The van der Waals surface area contributed by atoms with E-state index in [4.69, 9.17) is 0 Å². The Morgan fingerprint density at radius 3 is 2.73 bits per heavy atom. The average Bonchev–Trinajstić information content (AvgIpc) is 3.04. The van der Waals surface area contributed by atoms with Gasteiger partial charge >= 0.3 is 6.03 Å². The third-order valence-electron chi connectivity index (χ3n) is 3.85. The summed E-state index contributed by atoms with van der Waals surface area (Å²) in [4.78, 5) is 26.8. The van der Waals surface area contributed by atoms with Crippen LogP contribution in [0.5, 0.6) is 0 Å². The predicted molar refractivity (Wildman–Crippen MR) is 89.0 cm³/mol. The molecule has 122 valence electrons. The van der Waals surface area contributed by atoms with Crippen LogP contribution in [0.3, 0.4) is 0 Å². The van der Waals surface area contributed by atoms with E-state index in [-0.39, 0.29) is 18.5 Å². The Bertz CT molecular complexity index is 470. The summed E-state index contributed by atoms with van der Waals surface area (Å²) in [6.07, 6.45) is 4.29. The molecule has 2 N–H and O–H groups in total. The van der Waals surface area contributed by atoms with Crippen LogP contribution < -0.4 is 10.6 Å². The molecule has 22 heavy (non-hydrogen) atoms. The van der Waals surface area contributed by atoms with Crippen LogP contribution in [0, 0.1) is 5.92 Å². The van der Waals surface area contributed by atoms with Gasteiger partial charge in [0.1, 0.15) is 0 Å². The zero-order chi connectivity index (χ0) is 15.8. The monoisotopic (exact) mass is 323 g/mol. The fourth-order valence-electron chi connectivity index (χ4n) is 2.58. The number of carbonyl (C=O) groups is 2. The molecule has 6 heteroatoms. The van der Waals surface area contributed by atoms with E-state index < -0.39 is 0 Å². The molecule has 1 atom stereocenters. The van der Waals surface area contributed by atoms with Crippen molar-refractivity contribution in [2.75, 3.05) is 26.2 Å². The number of nitrogens with zero attached hydrogens (tertiary/aromatic N) is 1. The van der Waals surface area contributed by atoms with Crippen molar-refractivity contribution in [3.63, 3.8) is 0 Å². The summed E-state index contributed by atoms with van der Waals surface area (Å²) in [6, 6.07) is 3.89. The zero-order valence-electron chi connectivity index (χ0n) is 13.1. The Kier molecular flexibility index (Phi) is 6.71. The smallest absolute Gasteiger partial charge is 0.315 e. The van der Waals surface area contributed by atoms with Gasteiger partial charge in [0, 0.05) is 24.5 Å². The van der Waals surface area contributed by atoms with E-state index in [1.54, 1.807) is 11.3 Å². The largest absolute Gasteiger partial charge is 0.341 e. The Hall–Kier alpha value is -1.56. The van der Waals surface area contributed by atoms with Gasteiger partial charge in [0.2, 0.25) is 5.91 Å². The number of piperidine rings is 1. The molecule has 5 nitrogen and oxygen atoms in total. The van der Waals surface area contributed by atoms with Gasteiger partial charge in [0.25, 0.3) is 0 Å². The molecule has 1 aliphatic heterocycles. The van der Waals surface area contributed by atoms with Crippen LogP contribution >= 0.6 is 11.3 Å². The van der Waals surface area contributed by atoms with Crippen molar-refractivity contribution in [1.82, 2.24) is 15.5 Å². The number of rotatable bonds is 6. The lowest BCUT2D eigenvalue weighted by atomic mass is 10.1. The molecule has 2 rings (SSSR count). The number of nitrogens with one attached hydrogen (secondary N) is 2. The Morgan fingerprint density at radius 1 is 1.27 bits per heavy atom. The molecule has 0 spiro atoms. The summed E-state index contributed by atoms with van der Waals surface area (Å²) in [5.41, 5.74) is 0. The van der Waals surface area contributed by atoms with E-state index in [0.717, 1.165) is 32.4 Å². The van der Waals surface area contributed by atoms with Crippen LogP contribution in [0.2, 0.25) is 0 Å². The topological polar surface area (TPSA) is 61.4 Å². The van der Waals surface area contributed by atoms with Gasteiger partial charge in [-0.25, -0.2) is 4.79 Å². The number of thiophene rings is 1. The molecule has 0 radical (unpaired) electrons. The molecule has 0 bridgehead atoms. The van der Waals surface area contributed by atoms with Gasteiger partial charge in [-0.15, -0.1) is 11.3 Å². The van der Waals surface area contributed by atoms with Crippen LogP contribution in [-0.4, -0.2) is 43.0 Å². The van der Waals surface area contributed by atoms with Gasteiger partial charge in [-0.1, -0.05) is 13.0 Å². The lowest BCUT2D eigenvalue weighted by Crippen LogP contribution is -2.46. The van der Waals surface area contributed by atoms with Crippen molar-refractivity contribution in [3.8, 4) is 0 Å². The second kappa shape index (κ2) is 8.78. The summed E-state index contributed by atoms with van der Waals surface area (Å²) in [5.74, 6) is 0.392. The maximum Gasteiger partial charge on any atom is 0.315 e. The van der Waals surface area contributed by atoms with Crippen LogP contribution in [0.1, 0.15) is 31.1 Å². The van der Waals surface area contributed by atoms with Crippen LogP contribution in [-0.2, 0) is 11.2 Å². The van der Waals surface area contributed by atoms with Crippen molar-refractivity contribution in [2.24, 2.45) is 5.92 Å². The van der Waals surface area contributed by atoms with Gasteiger partial charge < -0.3 is 15.5 Å². The van der Waals surface area contributed by atoms with E-state index in [1.165, 1.54) is 11.3 Å². The highest BCUT2D eigenvalue weighted by molar-refractivity contribution is 7.09. The normalized spacial score (nSPS) is 16.1. The van der Waals surface area contributed by atoms with Gasteiger partial charge in [-0.05, 0) is 43.0 Å². The maximum atomic E-state index is 11.9. The number of hydrogen-bond acceptors (Lipinski definition) is 3. The molecule has 1 aliphatic rings. The van der Waals surface area contributed by atoms with E-state index in [9.17, 15) is 9.59 Å². The second-order valence-electron chi connectivity index (χ2n) is 5.89. The number of likely N-dealkylation sites (tertiary alicyclic amines) is 1. The fourth-order valence-corrected chi connectivity index (χ4v) is 3.45. The summed E-state index contributed by atoms with van der Waals surface area (Å²) in [7, 11) is 0. The summed E-state index contributed by atoms with van der Waals surface area (Å²) in [5, 5.41) is 7.56. The van der Waals surface area contributed by atoms with Gasteiger partial charge in [-0.3, -0.25) is 4.79 Å². The molecule has 1 aromatic rings. The maximum absolute atomic E-state index is 11.9. The highest BCUT2D eigenvalue weighted by Crippen LogP contribution is 2.13. The van der Waals surface area contributed by atoms with Crippen LogP contribution in [0.15, 0.2) is 17.5 Å². The third-order valence-corrected chi connectivity index (χ3v) is 4.75. The minimum absolute atomic E-state index is 0.0153. The standard InChI is InChI=1S/C16H25N3O2S/c1-13(10-14-6-5-9-22-14)11-17-16(21)18-12-15(20)19-7-3-2-4-8-19/h5-6,9,13H,2-4,7-8,10-12H2,1H3,(H2,17,18,21). The van der Waals surface area contributed by atoms with Gasteiger partial charge in [0.15, 0.2) is 0 Å². The van der Waals surface area contributed by atoms with Gasteiger partial charge in [-0.2, -0.15) is 0 Å². The summed E-state index contributed by atoms with van der Waals surface area (Å²) in [6.45, 7) is 4.45. The number of hydrogen-bond donors (Lipinski definition) is 2. The number of amides is 3. The summed E-state index contributed by atoms with van der Waals surface area (Å²) < 4.78 is 0. The number of urea groups is 1. The first kappa shape index (κ1) is 16.8. The lowest BCUT2D eigenvalue weighted by molar-refractivity contribution is -0.130. The molecular formula is C16H25N3O2S. The van der Waals surface area contributed by atoms with Crippen molar-refractivity contribution in [3.05, 3.63) is 22.4 Å². The number of carbonyl (C=O) groups excluding carboxylic acids is 2. The molecule has 1 unspecified atom stereocenters. The molecule has 1 aromatic heterocycles. The van der Waals surface area contributed by atoms with Crippen LogP contribution in [0.4, 0.5) is 4.79 Å². The Balaban J connectivity index is 1.60. The van der Waals surface area contributed by atoms with E-state index in [2.05, 4.69) is 29.0 Å². The molecular weight excluding hydrogens is 298 g/mol. The molecule has 1 fully saturated rings. The Morgan fingerprint density at radius 2 is 2.05 bits per heavy atom. The third kappa shape index (κ3) is 5.67. The van der Waals surface area contributed by atoms with Crippen molar-refractivity contribution >= 4 is 23.3 Å². The molecule has 1 saturated heterocycles. The first-order chi connectivity index (χ1) is 10.6. The molecule has 0 aromatic carbocycles. The Labute approximate surface area is 136 Å². The molecule has 2 heterocycles. The first-order valence-electron chi connectivity index (χ1n) is 7.97. The highest BCUT2D eigenvalue weighted by Gasteiger charge is 2.16. The molecule has 3 amide bonds. The minimum Gasteiger partial charge on any atom is -0.341 e. The molecule has 0 aliphatic carbocycles. The SMILES string of the molecule is CC(CNC(=O)NCC(=O)N1CCCCC1)Cc1cccs1. The predicted octanol–water partition coefficient (Wildman–Crippen LogP) is 2.24. The average molecular weight is 323 g/mol. The second-order valence-corrected chi connectivity index (χ2v) is 6.93. The first-order valence-corrected chi connectivity index (χ1v) is 8.85. The highest BCUT2D eigenvalue weighted by atomic mass is 32.1. The van der Waals surface area contributed by atoms with E-state index in [0.29, 0.717) is 12.5 Å². The minimum atomic E-state index is -0.261. The zero-order valence-corrected chi connectivity index (χ0v) is 14.0. The van der Waals surface area contributed by atoms with Crippen molar-refractivity contribution in [1.29, 1.82) is 0 Å². The quantitative estimate of drug-likeness (QED) is 0.843. The van der Waals surface area contributed by atoms with E-state index >= 15 is 0 Å². The van der Waals surface area contributed by atoms with Crippen molar-refractivity contribution < 1.29 is 9.59 Å². The molecule has 0 saturated carbocycles. The van der Waals surface area contributed by atoms with Crippen molar-refractivity contribution in [2.45, 2.75) is 32.6 Å². The van der Waals surface area contributed by atoms with Crippen LogP contribution in [0.25, 0.3) is 0 Å². The van der Waals surface area contributed by atoms with E-state index in [1.807, 2.05) is 11.0 Å². The summed E-state index contributed by atoms with van der Waals surface area (Å²) >= 11 is 1.74. The lowest BCUT2D eigenvalue weighted by Gasteiger charge is -2.26.